The van der Waals surface area contributed by atoms with Crippen LogP contribution in [-0.4, -0.2) is 42.3 Å². The van der Waals surface area contributed by atoms with E-state index >= 15 is 0 Å². The summed E-state index contributed by atoms with van der Waals surface area (Å²) in [5, 5.41) is 2.78. The van der Waals surface area contributed by atoms with Gasteiger partial charge in [-0.05, 0) is 67.6 Å². The second kappa shape index (κ2) is 9.71. The minimum atomic E-state index is -4.54. The summed E-state index contributed by atoms with van der Waals surface area (Å²) in [7, 11) is 0. The lowest BCUT2D eigenvalue weighted by atomic mass is 10.0. The SMILES string of the molecule is Cc1ccc(N2CCC(C(=O)NC(CN3CCCC3=O)c3cccc(C(F)(F)F)c3)C2=O)cc1C. The minimum absolute atomic E-state index is 0.0493. The van der Waals surface area contributed by atoms with E-state index in [2.05, 4.69) is 5.32 Å². The molecule has 2 fully saturated rings. The molecule has 2 aromatic rings. The molecule has 2 heterocycles. The van der Waals surface area contributed by atoms with Crippen molar-refractivity contribution in [3.63, 3.8) is 0 Å². The molecule has 186 valence electrons. The molecular formula is C26H28F3N3O3. The maximum Gasteiger partial charge on any atom is 0.416 e. The maximum atomic E-state index is 13.3. The highest BCUT2D eigenvalue weighted by molar-refractivity contribution is 6.09. The lowest BCUT2D eigenvalue weighted by molar-refractivity contribution is -0.137. The van der Waals surface area contributed by atoms with Gasteiger partial charge in [-0.3, -0.25) is 14.4 Å². The molecule has 4 rings (SSSR count). The Bertz CT molecular complexity index is 1150. The Kier molecular flexibility index (Phi) is 6.87. The van der Waals surface area contributed by atoms with Crippen molar-refractivity contribution in [3.05, 3.63) is 64.7 Å². The van der Waals surface area contributed by atoms with Crippen molar-refractivity contribution in [3.8, 4) is 0 Å². The summed E-state index contributed by atoms with van der Waals surface area (Å²) in [6.07, 6.45) is -3.21. The highest BCUT2D eigenvalue weighted by atomic mass is 19.4. The normalized spacial score (nSPS) is 19.4. The molecule has 6 nitrogen and oxygen atoms in total. The zero-order chi connectivity index (χ0) is 25.3. The fourth-order valence-electron chi connectivity index (χ4n) is 4.63. The number of hydrogen-bond acceptors (Lipinski definition) is 3. The van der Waals surface area contributed by atoms with Crippen LogP contribution >= 0.6 is 0 Å². The molecule has 0 aromatic heterocycles. The Labute approximate surface area is 202 Å². The molecule has 2 aliphatic heterocycles. The van der Waals surface area contributed by atoms with Crippen LogP contribution in [0.3, 0.4) is 0 Å². The van der Waals surface area contributed by atoms with Crippen LogP contribution in [-0.2, 0) is 20.6 Å². The number of carbonyl (C=O) groups excluding carboxylic acids is 3. The lowest BCUT2D eigenvalue weighted by Gasteiger charge is -2.26. The van der Waals surface area contributed by atoms with Crippen LogP contribution in [0.25, 0.3) is 0 Å². The first-order valence-electron chi connectivity index (χ1n) is 11.7. The van der Waals surface area contributed by atoms with Gasteiger partial charge in [0.2, 0.25) is 17.7 Å². The summed E-state index contributed by atoms with van der Waals surface area (Å²) < 4.78 is 39.9. The van der Waals surface area contributed by atoms with Crippen molar-refractivity contribution >= 4 is 23.4 Å². The molecule has 9 heteroatoms. The van der Waals surface area contributed by atoms with Gasteiger partial charge in [0.1, 0.15) is 5.92 Å². The van der Waals surface area contributed by atoms with Crippen LogP contribution in [0.1, 0.15) is 47.6 Å². The van der Waals surface area contributed by atoms with Gasteiger partial charge < -0.3 is 15.1 Å². The van der Waals surface area contributed by atoms with E-state index < -0.39 is 29.6 Å². The number of hydrogen-bond donors (Lipinski definition) is 1. The molecular weight excluding hydrogens is 459 g/mol. The quantitative estimate of drug-likeness (QED) is 0.623. The van der Waals surface area contributed by atoms with Crippen LogP contribution in [0.4, 0.5) is 18.9 Å². The smallest absolute Gasteiger partial charge is 0.347 e. The molecule has 1 N–H and O–H groups in total. The second-order valence-corrected chi connectivity index (χ2v) is 9.23. The molecule has 2 unspecified atom stereocenters. The van der Waals surface area contributed by atoms with Crippen molar-refractivity contribution in [2.75, 3.05) is 24.5 Å². The summed E-state index contributed by atoms with van der Waals surface area (Å²) >= 11 is 0. The average molecular weight is 488 g/mol. The van der Waals surface area contributed by atoms with Gasteiger partial charge in [-0.1, -0.05) is 18.2 Å². The summed E-state index contributed by atoms with van der Waals surface area (Å²) in [5.74, 6) is -1.94. The van der Waals surface area contributed by atoms with Crippen molar-refractivity contribution in [2.24, 2.45) is 5.92 Å². The Morgan fingerprint density at radius 1 is 1.09 bits per heavy atom. The van der Waals surface area contributed by atoms with Crippen molar-refractivity contribution in [1.82, 2.24) is 10.2 Å². The monoisotopic (exact) mass is 487 g/mol. The number of alkyl halides is 3. The molecule has 3 amide bonds. The van der Waals surface area contributed by atoms with E-state index in [9.17, 15) is 27.6 Å². The van der Waals surface area contributed by atoms with Crippen LogP contribution in [0.15, 0.2) is 42.5 Å². The third-order valence-electron chi connectivity index (χ3n) is 6.83. The number of nitrogens with zero attached hydrogens (tertiary/aromatic N) is 2. The summed E-state index contributed by atoms with van der Waals surface area (Å²) in [5.41, 5.74) is 2.24. The van der Waals surface area contributed by atoms with Gasteiger partial charge in [-0.25, -0.2) is 0 Å². The van der Waals surface area contributed by atoms with Gasteiger partial charge in [-0.2, -0.15) is 13.2 Å². The molecule has 0 saturated carbocycles. The standard InChI is InChI=1S/C26H28F3N3O3/c1-16-8-9-20(13-17(16)2)32-12-10-21(25(32)35)24(34)30-22(15-31-11-4-7-23(31)33)18-5-3-6-19(14-18)26(27,28)29/h3,5-6,8-9,13-14,21-22H,4,7,10-12,15H2,1-2H3,(H,30,34). The Balaban J connectivity index is 1.54. The summed E-state index contributed by atoms with van der Waals surface area (Å²) in [6, 6.07) is 9.53. The predicted octanol–water partition coefficient (Wildman–Crippen LogP) is 4.16. The third-order valence-corrected chi connectivity index (χ3v) is 6.83. The number of rotatable bonds is 6. The van der Waals surface area contributed by atoms with E-state index in [1.165, 1.54) is 12.1 Å². The zero-order valence-electron chi connectivity index (χ0n) is 19.7. The number of anilines is 1. The molecule has 0 radical (unpaired) electrons. The third kappa shape index (κ3) is 5.33. The van der Waals surface area contributed by atoms with E-state index in [1.807, 2.05) is 32.0 Å². The van der Waals surface area contributed by atoms with Gasteiger partial charge in [0.05, 0.1) is 11.6 Å². The molecule has 0 spiro atoms. The fraction of sp³-hybridized carbons (Fsp3) is 0.423. The number of halogens is 3. The first-order valence-corrected chi connectivity index (χ1v) is 11.7. The van der Waals surface area contributed by atoms with E-state index in [0.717, 1.165) is 23.3 Å². The molecule has 2 aromatic carbocycles. The van der Waals surface area contributed by atoms with Crippen molar-refractivity contribution in [2.45, 2.75) is 45.3 Å². The average Bonchev–Trinajstić information content (AvgIpc) is 3.40. The van der Waals surface area contributed by atoms with E-state index in [4.69, 9.17) is 0 Å². The van der Waals surface area contributed by atoms with Gasteiger partial charge in [0.25, 0.3) is 0 Å². The first kappa shape index (κ1) is 24.8. The molecule has 2 aliphatic rings. The molecule has 0 bridgehead atoms. The van der Waals surface area contributed by atoms with Gasteiger partial charge in [0.15, 0.2) is 0 Å². The van der Waals surface area contributed by atoms with E-state index in [0.29, 0.717) is 38.0 Å². The Hall–Kier alpha value is -3.36. The summed E-state index contributed by atoms with van der Waals surface area (Å²) in [4.78, 5) is 41.6. The highest BCUT2D eigenvalue weighted by Crippen LogP contribution is 2.32. The minimum Gasteiger partial charge on any atom is -0.347 e. The topological polar surface area (TPSA) is 69.7 Å². The Morgan fingerprint density at radius 2 is 1.86 bits per heavy atom. The zero-order valence-corrected chi connectivity index (χ0v) is 19.7. The van der Waals surface area contributed by atoms with Crippen LogP contribution in [0.2, 0.25) is 0 Å². The van der Waals surface area contributed by atoms with Crippen molar-refractivity contribution < 1.29 is 27.6 Å². The van der Waals surface area contributed by atoms with E-state index in [-0.39, 0.29) is 23.9 Å². The molecule has 2 atom stereocenters. The van der Waals surface area contributed by atoms with Gasteiger partial charge in [0, 0.05) is 31.7 Å². The molecule has 0 aliphatic carbocycles. The van der Waals surface area contributed by atoms with E-state index in [1.54, 1.807) is 9.80 Å². The van der Waals surface area contributed by atoms with Crippen LogP contribution in [0.5, 0.6) is 0 Å². The number of carbonyl (C=O) groups is 3. The number of aryl methyl sites for hydroxylation is 2. The number of amides is 3. The predicted molar refractivity (Wildman–Crippen MR) is 125 cm³/mol. The largest absolute Gasteiger partial charge is 0.416 e. The Morgan fingerprint density at radius 3 is 2.51 bits per heavy atom. The van der Waals surface area contributed by atoms with Gasteiger partial charge in [-0.15, -0.1) is 0 Å². The lowest BCUT2D eigenvalue weighted by Crippen LogP contribution is -2.43. The van der Waals surface area contributed by atoms with Crippen LogP contribution in [0, 0.1) is 19.8 Å². The number of benzene rings is 2. The van der Waals surface area contributed by atoms with Crippen LogP contribution < -0.4 is 10.2 Å². The van der Waals surface area contributed by atoms with Gasteiger partial charge >= 0.3 is 6.18 Å². The number of nitrogens with one attached hydrogen (secondary N) is 1. The maximum absolute atomic E-state index is 13.3. The molecule has 2 saturated heterocycles. The van der Waals surface area contributed by atoms with Crippen molar-refractivity contribution in [1.29, 1.82) is 0 Å². The molecule has 35 heavy (non-hydrogen) atoms. The second-order valence-electron chi connectivity index (χ2n) is 9.23. The highest BCUT2D eigenvalue weighted by Gasteiger charge is 2.39. The fourth-order valence-corrected chi connectivity index (χ4v) is 4.63. The first-order chi connectivity index (χ1) is 16.5. The number of likely N-dealkylation sites (tertiary alicyclic amines) is 1. The summed E-state index contributed by atoms with van der Waals surface area (Å²) in [6.45, 7) is 4.82.